The summed E-state index contributed by atoms with van der Waals surface area (Å²) in [5, 5.41) is 9.71. The van der Waals surface area contributed by atoms with Crippen molar-refractivity contribution in [2.75, 3.05) is 0 Å². The van der Waals surface area contributed by atoms with Crippen LogP contribution in [0.5, 0.6) is 0 Å². The third-order valence-electron chi connectivity index (χ3n) is 3.13. The SMILES string of the molecule is CCC(O)c1ccc(COCc2ccccc2)cc1. The van der Waals surface area contributed by atoms with Crippen LogP contribution in [0.2, 0.25) is 0 Å². The first kappa shape index (κ1) is 13.8. The van der Waals surface area contributed by atoms with Crippen molar-refractivity contribution in [2.24, 2.45) is 0 Å². The molecule has 2 rings (SSSR count). The Bertz CT molecular complexity index is 476. The fraction of sp³-hybridized carbons (Fsp3) is 0.294. The van der Waals surface area contributed by atoms with Gasteiger partial charge in [-0.3, -0.25) is 0 Å². The average Bonchev–Trinajstić information content (AvgIpc) is 2.48. The van der Waals surface area contributed by atoms with E-state index in [9.17, 15) is 5.11 Å². The summed E-state index contributed by atoms with van der Waals surface area (Å²) in [6.45, 7) is 3.19. The number of aliphatic hydroxyl groups excluding tert-OH is 1. The molecular formula is C17H20O2. The third-order valence-corrected chi connectivity index (χ3v) is 3.13. The molecule has 0 aromatic heterocycles. The number of hydrogen-bond donors (Lipinski definition) is 1. The van der Waals surface area contributed by atoms with E-state index in [0.29, 0.717) is 13.2 Å². The minimum atomic E-state index is -0.362. The van der Waals surface area contributed by atoms with E-state index in [1.807, 2.05) is 49.4 Å². The molecule has 1 unspecified atom stereocenters. The van der Waals surface area contributed by atoms with Crippen LogP contribution < -0.4 is 0 Å². The summed E-state index contributed by atoms with van der Waals surface area (Å²) >= 11 is 0. The second-order valence-corrected chi connectivity index (χ2v) is 4.64. The molecule has 0 aliphatic carbocycles. The highest BCUT2D eigenvalue weighted by molar-refractivity contribution is 5.23. The van der Waals surface area contributed by atoms with E-state index in [1.165, 1.54) is 5.56 Å². The monoisotopic (exact) mass is 256 g/mol. The van der Waals surface area contributed by atoms with Gasteiger partial charge in [0.2, 0.25) is 0 Å². The second-order valence-electron chi connectivity index (χ2n) is 4.64. The predicted molar refractivity (Wildman–Crippen MR) is 76.6 cm³/mol. The molecule has 0 heterocycles. The van der Waals surface area contributed by atoms with Gasteiger partial charge in [0.05, 0.1) is 19.3 Å². The maximum absolute atomic E-state index is 9.71. The molecule has 2 nitrogen and oxygen atoms in total. The standard InChI is InChI=1S/C17H20O2/c1-2-17(18)16-10-8-15(9-11-16)13-19-12-14-6-4-3-5-7-14/h3-11,17-18H,2,12-13H2,1H3. The molecule has 0 aliphatic rings. The first-order valence-corrected chi connectivity index (χ1v) is 6.68. The van der Waals surface area contributed by atoms with E-state index in [-0.39, 0.29) is 6.10 Å². The number of rotatable bonds is 6. The summed E-state index contributed by atoms with van der Waals surface area (Å²) in [6.07, 6.45) is 0.378. The van der Waals surface area contributed by atoms with Gasteiger partial charge in [-0.25, -0.2) is 0 Å². The lowest BCUT2D eigenvalue weighted by Gasteiger charge is -2.09. The maximum Gasteiger partial charge on any atom is 0.0787 e. The van der Waals surface area contributed by atoms with Crippen molar-refractivity contribution in [3.63, 3.8) is 0 Å². The molecule has 2 aromatic carbocycles. The lowest BCUT2D eigenvalue weighted by molar-refractivity contribution is 0.107. The molecule has 2 aromatic rings. The molecule has 1 N–H and O–H groups in total. The number of ether oxygens (including phenoxy) is 1. The minimum absolute atomic E-state index is 0.362. The van der Waals surface area contributed by atoms with Gasteiger partial charge in [0.15, 0.2) is 0 Å². The van der Waals surface area contributed by atoms with Crippen LogP contribution in [0.15, 0.2) is 54.6 Å². The Balaban J connectivity index is 1.83. The second kappa shape index (κ2) is 7.07. The summed E-state index contributed by atoms with van der Waals surface area (Å²) in [5.74, 6) is 0. The van der Waals surface area contributed by atoms with Gasteiger partial charge in [0.1, 0.15) is 0 Å². The molecular weight excluding hydrogens is 236 g/mol. The van der Waals surface area contributed by atoms with Crippen molar-refractivity contribution in [1.82, 2.24) is 0 Å². The van der Waals surface area contributed by atoms with Gasteiger partial charge < -0.3 is 9.84 Å². The summed E-state index contributed by atoms with van der Waals surface area (Å²) in [6, 6.07) is 18.1. The van der Waals surface area contributed by atoms with Crippen molar-refractivity contribution < 1.29 is 9.84 Å². The molecule has 1 atom stereocenters. The average molecular weight is 256 g/mol. The van der Waals surface area contributed by atoms with E-state index in [4.69, 9.17) is 4.74 Å². The van der Waals surface area contributed by atoms with E-state index in [0.717, 1.165) is 17.5 Å². The van der Waals surface area contributed by atoms with Crippen molar-refractivity contribution >= 4 is 0 Å². The Morgan fingerprint density at radius 3 is 2.05 bits per heavy atom. The Morgan fingerprint density at radius 2 is 1.47 bits per heavy atom. The molecule has 19 heavy (non-hydrogen) atoms. The van der Waals surface area contributed by atoms with Gasteiger partial charge in [0.25, 0.3) is 0 Å². The zero-order valence-corrected chi connectivity index (χ0v) is 11.3. The molecule has 0 fully saturated rings. The molecule has 0 saturated carbocycles. The quantitative estimate of drug-likeness (QED) is 0.850. The fourth-order valence-corrected chi connectivity index (χ4v) is 1.93. The summed E-state index contributed by atoms with van der Waals surface area (Å²) < 4.78 is 5.67. The normalized spacial score (nSPS) is 12.3. The Labute approximate surface area is 114 Å². The van der Waals surface area contributed by atoms with Gasteiger partial charge in [-0.15, -0.1) is 0 Å². The van der Waals surface area contributed by atoms with Gasteiger partial charge in [-0.2, -0.15) is 0 Å². The van der Waals surface area contributed by atoms with Crippen molar-refractivity contribution in [1.29, 1.82) is 0 Å². The predicted octanol–water partition coefficient (Wildman–Crippen LogP) is 3.85. The summed E-state index contributed by atoms with van der Waals surface area (Å²) in [7, 11) is 0. The number of benzene rings is 2. The van der Waals surface area contributed by atoms with Crippen LogP contribution in [0.3, 0.4) is 0 Å². The summed E-state index contributed by atoms with van der Waals surface area (Å²) in [4.78, 5) is 0. The first-order valence-electron chi connectivity index (χ1n) is 6.68. The minimum Gasteiger partial charge on any atom is -0.388 e. The van der Waals surface area contributed by atoms with Crippen molar-refractivity contribution in [3.8, 4) is 0 Å². The first-order chi connectivity index (χ1) is 9.29. The highest BCUT2D eigenvalue weighted by atomic mass is 16.5. The lowest BCUT2D eigenvalue weighted by atomic mass is 10.1. The highest BCUT2D eigenvalue weighted by Gasteiger charge is 2.03. The van der Waals surface area contributed by atoms with E-state index in [1.54, 1.807) is 0 Å². The molecule has 0 radical (unpaired) electrons. The summed E-state index contributed by atoms with van der Waals surface area (Å²) in [5.41, 5.74) is 3.28. The van der Waals surface area contributed by atoms with Crippen LogP contribution in [-0.2, 0) is 18.0 Å². The Hall–Kier alpha value is -1.64. The molecule has 2 heteroatoms. The van der Waals surface area contributed by atoms with Crippen molar-refractivity contribution in [3.05, 3.63) is 71.3 Å². The lowest BCUT2D eigenvalue weighted by Crippen LogP contribution is -1.97. The largest absolute Gasteiger partial charge is 0.388 e. The number of aliphatic hydroxyl groups is 1. The molecule has 0 amide bonds. The molecule has 100 valence electrons. The smallest absolute Gasteiger partial charge is 0.0787 e. The van der Waals surface area contributed by atoms with Crippen LogP contribution in [0.1, 0.15) is 36.1 Å². The van der Waals surface area contributed by atoms with Crippen LogP contribution in [0, 0.1) is 0 Å². The highest BCUT2D eigenvalue weighted by Crippen LogP contribution is 2.17. The van der Waals surface area contributed by atoms with E-state index >= 15 is 0 Å². The van der Waals surface area contributed by atoms with Gasteiger partial charge in [-0.1, -0.05) is 61.5 Å². The van der Waals surface area contributed by atoms with Gasteiger partial charge >= 0.3 is 0 Å². The topological polar surface area (TPSA) is 29.5 Å². The van der Waals surface area contributed by atoms with Crippen LogP contribution in [0.4, 0.5) is 0 Å². The van der Waals surface area contributed by atoms with Crippen molar-refractivity contribution in [2.45, 2.75) is 32.7 Å². The molecule has 0 bridgehead atoms. The zero-order valence-electron chi connectivity index (χ0n) is 11.3. The maximum atomic E-state index is 9.71. The van der Waals surface area contributed by atoms with E-state index < -0.39 is 0 Å². The molecule has 0 spiro atoms. The Kier molecular flexibility index (Phi) is 5.13. The fourth-order valence-electron chi connectivity index (χ4n) is 1.93. The van der Waals surface area contributed by atoms with Crippen LogP contribution in [-0.4, -0.2) is 5.11 Å². The van der Waals surface area contributed by atoms with E-state index in [2.05, 4.69) is 12.1 Å². The third kappa shape index (κ3) is 4.19. The van der Waals surface area contributed by atoms with Gasteiger partial charge in [0, 0.05) is 0 Å². The number of hydrogen-bond acceptors (Lipinski definition) is 2. The zero-order chi connectivity index (χ0) is 13.5. The Morgan fingerprint density at radius 1 is 0.895 bits per heavy atom. The van der Waals surface area contributed by atoms with Crippen LogP contribution >= 0.6 is 0 Å². The molecule has 0 aliphatic heterocycles. The molecule has 0 saturated heterocycles. The van der Waals surface area contributed by atoms with Gasteiger partial charge in [-0.05, 0) is 23.1 Å². The van der Waals surface area contributed by atoms with Crippen LogP contribution in [0.25, 0.3) is 0 Å².